The summed E-state index contributed by atoms with van der Waals surface area (Å²) >= 11 is 1.38. The predicted molar refractivity (Wildman–Crippen MR) is 114 cm³/mol. The average molecular weight is 434 g/mol. The van der Waals surface area contributed by atoms with Gasteiger partial charge in [0.25, 0.3) is 5.91 Å². The number of fused-ring (bicyclic) bond motifs is 1. The van der Waals surface area contributed by atoms with Crippen molar-refractivity contribution in [3.8, 4) is 5.75 Å². The van der Waals surface area contributed by atoms with Crippen LogP contribution in [0.5, 0.6) is 5.75 Å². The minimum Gasteiger partial charge on any atom is -0.495 e. The summed E-state index contributed by atoms with van der Waals surface area (Å²) in [5, 5.41) is 0. The van der Waals surface area contributed by atoms with Gasteiger partial charge in [0, 0.05) is 25.7 Å². The lowest BCUT2D eigenvalue weighted by atomic mass is 10.2. The van der Waals surface area contributed by atoms with Crippen molar-refractivity contribution < 1.29 is 17.9 Å². The van der Waals surface area contributed by atoms with E-state index in [9.17, 15) is 13.2 Å². The van der Waals surface area contributed by atoms with Gasteiger partial charge in [-0.05, 0) is 50.2 Å². The summed E-state index contributed by atoms with van der Waals surface area (Å²) in [6.07, 6.45) is 0. The van der Waals surface area contributed by atoms with Crippen molar-refractivity contribution in [3.05, 3.63) is 52.8 Å². The first-order valence-corrected chi connectivity index (χ1v) is 11.2. The van der Waals surface area contributed by atoms with Gasteiger partial charge in [-0.15, -0.1) is 0 Å². The van der Waals surface area contributed by atoms with Crippen LogP contribution >= 0.6 is 11.3 Å². The molecule has 0 N–H and O–H groups in total. The Morgan fingerprint density at radius 3 is 2.41 bits per heavy atom. The van der Waals surface area contributed by atoms with Crippen molar-refractivity contribution in [2.45, 2.75) is 24.8 Å². The highest BCUT2D eigenvalue weighted by atomic mass is 32.2. The fraction of sp³-hybridized carbons (Fsp3) is 0.300. The maximum atomic E-state index is 12.6. The molecule has 1 heterocycles. The van der Waals surface area contributed by atoms with Crippen LogP contribution in [0.25, 0.3) is 10.2 Å². The molecule has 0 unspecified atom stereocenters. The van der Waals surface area contributed by atoms with E-state index in [4.69, 9.17) is 4.74 Å². The molecule has 0 aliphatic carbocycles. The molecule has 0 atom stereocenters. The normalized spacial score (nSPS) is 12.9. The number of carbonyl (C=O) groups excluding carboxylic acids is 1. The molecular formula is C20H23N3O4S2. The summed E-state index contributed by atoms with van der Waals surface area (Å²) in [6, 6.07) is 11.4. The van der Waals surface area contributed by atoms with E-state index < -0.39 is 15.9 Å². The summed E-state index contributed by atoms with van der Waals surface area (Å²) in [5.74, 6) is 0.270. The molecule has 0 saturated heterocycles. The highest BCUT2D eigenvalue weighted by molar-refractivity contribution is 7.89. The number of hydrogen-bond donors (Lipinski definition) is 0. The zero-order valence-corrected chi connectivity index (χ0v) is 18.5. The second-order valence-corrected chi connectivity index (χ2v) is 9.81. The van der Waals surface area contributed by atoms with Crippen LogP contribution in [-0.2, 0) is 17.1 Å². The summed E-state index contributed by atoms with van der Waals surface area (Å²) in [7, 11) is 1.36. The Kier molecular flexibility index (Phi) is 5.92. The molecule has 0 bridgehead atoms. The number of benzene rings is 2. The Morgan fingerprint density at radius 1 is 1.17 bits per heavy atom. The van der Waals surface area contributed by atoms with Gasteiger partial charge in [-0.3, -0.25) is 4.79 Å². The zero-order valence-electron chi connectivity index (χ0n) is 16.9. The van der Waals surface area contributed by atoms with Crippen LogP contribution in [0.4, 0.5) is 0 Å². The first-order chi connectivity index (χ1) is 13.7. The minimum absolute atomic E-state index is 0.141. The van der Waals surface area contributed by atoms with E-state index in [1.165, 1.54) is 47.0 Å². The number of ether oxygens (including phenoxy) is 1. The molecule has 1 aromatic heterocycles. The fourth-order valence-corrected chi connectivity index (χ4v) is 5.21. The highest BCUT2D eigenvalue weighted by Gasteiger charge is 2.23. The Morgan fingerprint density at radius 2 is 1.83 bits per heavy atom. The molecule has 154 valence electrons. The van der Waals surface area contributed by atoms with Crippen LogP contribution in [0.15, 0.2) is 52.4 Å². The summed E-state index contributed by atoms with van der Waals surface area (Å²) < 4.78 is 34.6. The van der Waals surface area contributed by atoms with Crippen LogP contribution in [0.1, 0.15) is 24.2 Å². The van der Waals surface area contributed by atoms with E-state index in [2.05, 4.69) is 4.99 Å². The van der Waals surface area contributed by atoms with Gasteiger partial charge in [0.2, 0.25) is 10.0 Å². The van der Waals surface area contributed by atoms with E-state index in [1.807, 2.05) is 29.8 Å². The number of nitrogens with zero attached hydrogens (tertiary/aromatic N) is 3. The van der Waals surface area contributed by atoms with Crippen LogP contribution in [-0.4, -0.2) is 43.4 Å². The topological polar surface area (TPSA) is 81.0 Å². The van der Waals surface area contributed by atoms with Crippen molar-refractivity contribution in [2.75, 3.05) is 14.2 Å². The SMILES string of the molecule is COc1cccc2sc(=NC(=O)c3ccc(S(=O)(=O)N(C)C(C)C)cc3)n(C)c12. The van der Waals surface area contributed by atoms with Crippen LogP contribution < -0.4 is 9.54 Å². The van der Waals surface area contributed by atoms with E-state index >= 15 is 0 Å². The number of sulfonamides is 1. The standard InChI is InChI=1S/C20H23N3O4S2/c1-13(2)23(4)29(25,26)15-11-9-14(10-12-15)19(24)21-20-22(3)18-16(27-5)7-6-8-17(18)28-20/h6-13H,1-5H3. The molecule has 9 heteroatoms. The first-order valence-electron chi connectivity index (χ1n) is 8.96. The van der Waals surface area contributed by atoms with Crippen LogP contribution in [0, 0.1) is 0 Å². The van der Waals surface area contributed by atoms with E-state index in [1.54, 1.807) is 21.0 Å². The van der Waals surface area contributed by atoms with Gasteiger partial charge in [-0.1, -0.05) is 17.4 Å². The molecule has 29 heavy (non-hydrogen) atoms. The van der Waals surface area contributed by atoms with Gasteiger partial charge >= 0.3 is 0 Å². The van der Waals surface area contributed by atoms with Crippen molar-refractivity contribution in [1.29, 1.82) is 0 Å². The molecule has 0 spiro atoms. The second kappa shape index (κ2) is 8.10. The minimum atomic E-state index is -3.60. The summed E-state index contributed by atoms with van der Waals surface area (Å²) in [6.45, 7) is 3.60. The first kappa shape index (κ1) is 21.2. The molecule has 0 aliphatic heterocycles. The number of methoxy groups -OCH3 is 1. The van der Waals surface area contributed by atoms with Gasteiger partial charge in [0.1, 0.15) is 11.3 Å². The Labute approximate surface area is 173 Å². The Bertz CT molecular complexity index is 1220. The number of thiazole rings is 1. The maximum absolute atomic E-state index is 12.6. The molecule has 0 radical (unpaired) electrons. The number of hydrogen-bond acceptors (Lipinski definition) is 5. The van der Waals surface area contributed by atoms with E-state index in [0.717, 1.165) is 10.2 Å². The molecule has 0 saturated carbocycles. The molecule has 3 aromatic rings. The smallest absolute Gasteiger partial charge is 0.279 e. The molecule has 2 aromatic carbocycles. The third-order valence-electron chi connectivity index (χ3n) is 4.71. The molecule has 0 fully saturated rings. The highest BCUT2D eigenvalue weighted by Crippen LogP contribution is 2.26. The van der Waals surface area contributed by atoms with Crippen LogP contribution in [0.2, 0.25) is 0 Å². The van der Waals surface area contributed by atoms with Gasteiger partial charge < -0.3 is 9.30 Å². The molecule has 7 nitrogen and oxygen atoms in total. The van der Waals surface area contributed by atoms with Gasteiger partial charge in [0.05, 0.1) is 16.7 Å². The Balaban J connectivity index is 1.96. The van der Waals surface area contributed by atoms with Crippen molar-refractivity contribution in [3.63, 3.8) is 0 Å². The van der Waals surface area contributed by atoms with Gasteiger partial charge in [-0.25, -0.2) is 8.42 Å². The van der Waals surface area contributed by atoms with Crippen LogP contribution in [0.3, 0.4) is 0 Å². The number of aromatic nitrogens is 1. The monoisotopic (exact) mass is 433 g/mol. The number of carbonyl (C=O) groups is 1. The lowest BCUT2D eigenvalue weighted by Crippen LogP contribution is -2.33. The van der Waals surface area contributed by atoms with Crippen molar-refractivity contribution in [1.82, 2.24) is 8.87 Å². The summed E-state index contributed by atoms with van der Waals surface area (Å²) in [5.41, 5.74) is 1.19. The number of para-hydroxylation sites is 1. The molecule has 3 rings (SSSR count). The molecule has 1 amide bonds. The van der Waals surface area contributed by atoms with Crippen molar-refractivity contribution in [2.24, 2.45) is 12.0 Å². The molecule has 0 aliphatic rings. The lowest BCUT2D eigenvalue weighted by molar-refractivity contribution is 0.0998. The number of rotatable bonds is 5. The summed E-state index contributed by atoms with van der Waals surface area (Å²) in [4.78, 5) is 17.5. The quantitative estimate of drug-likeness (QED) is 0.619. The zero-order chi connectivity index (χ0) is 21.3. The van der Waals surface area contributed by atoms with Gasteiger partial charge in [0.15, 0.2) is 4.80 Å². The largest absolute Gasteiger partial charge is 0.495 e. The lowest BCUT2D eigenvalue weighted by Gasteiger charge is -2.20. The number of aryl methyl sites for hydroxylation is 1. The van der Waals surface area contributed by atoms with E-state index in [0.29, 0.717) is 16.1 Å². The second-order valence-electron chi connectivity index (χ2n) is 6.81. The number of amides is 1. The van der Waals surface area contributed by atoms with E-state index in [-0.39, 0.29) is 10.9 Å². The average Bonchev–Trinajstić information content (AvgIpc) is 3.02. The molecular weight excluding hydrogens is 410 g/mol. The van der Waals surface area contributed by atoms with Gasteiger partial charge in [-0.2, -0.15) is 9.30 Å². The third-order valence-corrected chi connectivity index (χ3v) is 7.85. The maximum Gasteiger partial charge on any atom is 0.279 e. The third kappa shape index (κ3) is 3.98. The predicted octanol–water partition coefficient (Wildman–Crippen LogP) is 3.02. The Hall–Kier alpha value is -2.49. The van der Waals surface area contributed by atoms with Crippen molar-refractivity contribution >= 4 is 37.5 Å². The fourth-order valence-electron chi connectivity index (χ4n) is 2.80.